The average molecular weight is 436 g/mol. The van der Waals surface area contributed by atoms with Crippen LogP contribution in [0.3, 0.4) is 0 Å². The predicted molar refractivity (Wildman–Crippen MR) is 121 cm³/mol. The maximum atomic E-state index is 12.3. The fourth-order valence-corrected chi connectivity index (χ4v) is 3.75. The minimum absolute atomic E-state index is 0.0687. The first kappa shape index (κ1) is 23.1. The Hall–Kier alpha value is -3.53. The van der Waals surface area contributed by atoms with Gasteiger partial charge >= 0.3 is 0 Å². The molecule has 1 saturated carbocycles. The Bertz CT molecular complexity index is 977. The zero-order valence-corrected chi connectivity index (χ0v) is 18.4. The van der Waals surface area contributed by atoms with Gasteiger partial charge in [-0.05, 0) is 49.1 Å². The van der Waals surface area contributed by atoms with Crippen LogP contribution >= 0.6 is 0 Å². The van der Waals surface area contributed by atoms with Gasteiger partial charge in [0.1, 0.15) is 0 Å². The van der Waals surface area contributed by atoms with E-state index in [4.69, 9.17) is 14.7 Å². The molecule has 0 heterocycles. The van der Waals surface area contributed by atoms with Crippen molar-refractivity contribution in [2.75, 3.05) is 19.0 Å². The zero-order valence-electron chi connectivity index (χ0n) is 18.4. The number of nitrogens with zero attached hydrogens (tertiary/aromatic N) is 1. The van der Waals surface area contributed by atoms with Gasteiger partial charge in [0.2, 0.25) is 11.8 Å². The van der Waals surface area contributed by atoms with Crippen molar-refractivity contribution in [1.29, 1.82) is 5.26 Å². The standard InChI is InChI=1S/C25H29N3O4/c1-31-23-15-18(16-26)11-12-22(23)32-13-5-10-24(29)27-17-19-6-4-9-21(14-19)28-25(30)20-7-2-3-8-20/h4,6,9,11-12,14-15,20H,2-3,5,7-8,10,13,17H2,1H3,(H,27,29)(H,28,30). The van der Waals surface area contributed by atoms with Gasteiger partial charge in [-0.2, -0.15) is 5.26 Å². The van der Waals surface area contributed by atoms with Crippen molar-refractivity contribution in [2.24, 2.45) is 5.92 Å². The van der Waals surface area contributed by atoms with Gasteiger partial charge in [0.05, 0.1) is 25.3 Å². The molecule has 0 aliphatic heterocycles. The van der Waals surface area contributed by atoms with Gasteiger partial charge in [-0.15, -0.1) is 0 Å². The minimum Gasteiger partial charge on any atom is -0.493 e. The van der Waals surface area contributed by atoms with Gasteiger partial charge in [-0.3, -0.25) is 9.59 Å². The molecule has 1 fully saturated rings. The number of carbonyl (C=O) groups excluding carboxylic acids is 2. The molecule has 2 aromatic rings. The first-order valence-corrected chi connectivity index (χ1v) is 11.0. The lowest BCUT2D eigenvalue weighted by atomic mass is 10.1. The van der Waals surface area contributed by atoms with E-state index < -0.39 is 0 Å². The summed E-state index contributed by atoms with van der Waals surface area (Å²) in [4.78, 5) is 24.5. The topological polar surface area (TPSA) is 100 Å². The molecule has 1 aliphatic rings. The van der Waals surface area contributed by atoms with Gasteiger partial charge in [0.25, 0.3) is 0 Å². The number of anilines is 1. The second-order valence-corrected chi connectivity index (χ2v) is 7.88. The van der Waals surface area contributed by atoms with E-state index in [2.05, 4.69) is 16.7 Å². The minimum atomic E-state index is -0.0687. The summed E-state index contributed by atoms with van der Waals surface area (Å²) in [5, 5.41) is 14.8. The summed E-state index contributed by atoms with van der Waals surface area (Å²) in [6, 6.07) is 14.6. The molecule has 0 spiro atoms. The molecule has 0 atom stereocenters. The van der Waals surface area contributed by atoms with Crippen molar-refractivity contribution in [3.8, 4) is 17.6 Å². The molecule has 32 heavy (non-hydrogen) atoms. The lowest BCUT2D eigenvalue weighted by Gasteiger charge is -2.12. The van der Waals surface area contributed by atoms with Crippen molar-refractivity contribution in [2.45, 2.75) is 45.1 Å². The fraction of sp³-hybridized carbons (Fsp3) is 0.400. The molecule has 7 heteroatoms. The van der Waals surface area contributed by atoms with Crippen LogP contribution in [0.1, 0.15) is 49.7 Å². The van der Waals surface area contributed by atoms with Crippen molar-refractivity contribution in [3.63, 3.8) is 0 Å². The van der Waals surface area contributed by atoms with Crippen LogP contribution in [0.4, 0.5) is 5.69 Å². The second-order valence-electron chi connectivity index (χ2n) is 7.88. The molecular formula is C25H29N3O4. The number of carbonyl (C=O) groups is 2. The Kier molecular flexibility index (Phi) is 8.50. The molecule has 0 radical (unpaired) electrons. The normalized spacial score (nSPS) is 13.2. The molecule has 7 nitrogen and oxygen atoms in total. The Morgan fingerprint density at radius 2 is 1.94 bits per heavy atom. The van der Waals surface area contributed by atoms with E-state index in [0.29, 0.717) is 43.1 Å². The Morgan fingerprint density at radius 3 is 2.69 bits per heavy atom. The zero-order chi connectivity index (χ0) is 22.8. The highest BCUT2D eigenvalue weighted by atomic mass is 16.5. The molecule has 0 unspecified atom stereocenters. The summed E-state index contributed by atoms with van der Waals surface area (Å²) >= 11 is 0. The maximum absolute atomic E-state index is 12.3. The van der Waals surface area contributed by atoms with E-state index in [0.717, 1.165) is 36.9 Å². The van der Waals surface area contributed by atoms with Gasteiger partial charge in [0, 0.05) is 30.6 Å². The molecule has 0 bridgehead atoms. The number of methoxy groups -OCH3 is 1. The van der Waals surface area contributed by atoms with E-state index >= 15 is 0 Å². The summed E-state index contributed by atoms with van der Waals surface area (Å²) in [7, 11) is 1.52. The van der Waals surface area contributed by atoms with Crippen LogP contribution in [-0.2, 0) is 16.1 Å². The average Bonchev–Trinajstić information content (AvgIpc) is 3.36. The van der Waals surface area contributed by atoms with E-state index in [-0.39, 0.29) is 17.7 Å². The first-order chi connectivity index (χ1) is 15.6. The van der Waals surface area contributed by atoms with Crippen molar-refractivity contribution < 1.29 is 19.1 Å². The lowest BCUT2D eigenvalue weighted by molar-refractivity contribution is -0.121. The third-order valence-corrected chi connectivity index (χ3v) is 5.51. The summed E-state index contributed by atoms with van der Waals surface area (Å²) in [5.74, 6) is 1.17. The molecule has 1 aliphatic carbocycles. The first-order valence-electron chi connectivity index (χ1n) is 11.0. The number of hydrogen-bond donors (Lipinski definition) is 2. The number of nitriles is 1. The van der Waals surface area contributed by atoms with Gasteiger partial charge in [-0.1, -0.05) is 25.0 Å². The third-order valence-electron chi connectivity index (χ3n) is 5.51. The molecule has 2 N–H and O–H groups in total. The SMILES string of the molecule is COc1cc(C#N)ccc1OCCCC(=O)NCc1cccc(NC(=O)C2CCCC2)c1. The predicted octanol–water partition coefficient (Wildman–Crippen LogP) is 4.17. The van der Waals surface area contributed by atoms with Crippen molar-refractivity contribution in [1.82, 2.24) is 5.32 Å². The fourth-order valence-electron chi connectivity index (χ4n) is 3.75. The Labute approximate surface area is 188 Å². The number of nitrogens with one attached hydrogen (secondary N) is 2. The smallest absolute Gasteiger partial charge is 0.227 e. The van der Waals surface area contributed by atoms with E-state index in [9.17, 15) is 9.59 Å². The molecule has 3 rings (SSSR count). The Balaban J connectivity index is 1.39. The van der Waals surface area contributed by atoms with Crippen LogP contribution in [0.5, 0.6) is 11.5 Å². The molecule has 0 saturated heterocycles. The quantitative estimate of drug-likeness (QED) is 0.546. The van der Waals surface area contributed by atoms with Crippen LogP contribution in [0.15, 0.2) is 42.5 Å². The molecule has 2 amide bonds. The number of rotatable bonds is 10. The third kappa shape index (κ3) is 6.74. The number of ether oxygens (including phenoxy) is 2. The van der Waals surface area contributed by atoms with Gasteiger partial charge in [0.15, 0.2) is 11.5 Å². The van der Waals surface area contributed by atoms with Crippen LogP contribution in [-0.4, -0.2) is 25.5 Å². The van der Waals surface area contributed by atoms with Crippen LogP contribution in [0.25, 0.3) is 0 Å². The monoisotopic (exact) mass is 435 g/mol. The molecule has 2 aromatic carbocycles. The molecular weight excluding hydrogens is 406 g/mol. The summed E-state index contributed by atoms with van der Waals surface area (Å²) in [6.45, 7) is 0.759. The number of hydrogen-bond acceptors (Lipinski definition) is 5. The van der Waals surface area contributed by atoms with E-state index in [1.807, 2.05) is 24.3 Å². The highest BCUT2D eigenvalue weighted by molar-refractivity contribution is 5.92. The molecule has 168 valence electrons. The maximum Gasteiger partial charge on any atom is 0.227 e. The summed E-state index contributed by atoms with van der Waals surface area (Å²) in [5.41, 5.74) is 2.19. The Morgan fingerprint density at radius 1 is 1.12 bits per heavy atom. The van der Waals surface area contributed by atoms with Crippen LogP contribution in [0, 0.1) is 17.2 Å². The van der Waals surface area contributed by atoms with Crippen molar-refractivity contribution >= 4 is 17.5 Å². The van der Waals surface area contributed by atoms with Gasteiger partial charge in [-0.25, -0.2) is 0 Å². The van der Waals surface area contributed by atoms with Crippen LogP contribution in [0.2, 0.25) is 0 Å². The van der Waals surface area contributed by atoms with Gasteiger partial charge < -0.3 is 20.1 Å². The van der Waals surface area contributed by atoms with Crippen LogP contribution < -0.4 is 20.1 Å². The summed E-state index contributed by atoms with van der Waals surface area (Å²) < 4.78 is 10.9. The number of benzene rings is 2. The number of amides is 2. The highest BCUT2D eigenvalue weighted by Gasteiger charge is 2.22. The largest absolute Gasteiger partial charge is 0.493 e. The van der Waals surface area contributed by atoms with E-state index in [1.165, 1.54) is 7.11 Å². The van der Waals surface area contributed by atoms with E-state index in [1.54, 1.807) is 18.2 Å². The summed E-state index contributed by atoms with van der Waals surface area (Å²) in [6.07, 6.45) is 5.04. The highest BCUT2D eigenvalue weighted by Crippen LogP contribution is 2.28. The second kappa shape index (κ2) is 11.8. The van der Waals surface area contributed by atoms with Crippen molar-refractivity contribution in [3.05, 3.63) is 53.6 Å². The molecule has 0 aromatic heterocycles. The lowest BCUT2D eigenvalue weighted by Crippen LogP contribution is -2.23.